The Balaban J connectivity index is 1.48. The quantitative estimate of drug-likeness (QED) is 0.492. The Labute approximate surface area is 187 Å². The molecular formula is C22H24N4O5S. The van der Waals surface area contributed by atoms with Crippen molar-refractivity contribution in [1.29, 1.82) is 0 Å². The molecule has 0 fully saturated rings. The summed E-state index contributed by atoms with van der Waals surface area (Å²) in [6.07, 6.45) is 0. The molecule has 0 saturated heterocycles. The Morgan fingerprint density at radius 1 is 0.969 bits per heavy atom. The van der Waals surface area contributed by atoms with E-state index in [1.165, 1.54) is 38.4 Å². The van der Waals surface area contributed by atoms with Gasteiger partial charge in [0.2, 0.25) is 15.9 Å². The fourth-order valence-corrected chi connectivity index (χ4v) is 3.63. The fourth-order valence-electron chi connectivity index (χ4n) is 2.72. The molecule has 168 valence electrons. The highest BCUT2D eigenvalue weighted by Gasteiger charge is 2.17. The number of aromatic nitrogens is 2. The maximum atomic E-state index is 12.2. The molecule has 9 nitrogen and oxygen atoms in total. The molecule has 0 atom stereocenters. The zero-order chi connectivity index (χ0) is 23.1. The number of methoxy groups -OCH3 is 1. The highest BCUT2D eigenvalue weighted by Crippen LogP contribution is 2.21. The summed E-state index contributed by atoms with van der Waals surface area (Å²) in [5.74, 6) is 0.774. The van der Waals surface area contributed by atoms with Gasteiger partial charge in [-0.2, -0.15) is 0 Å². The van der Waals surface area contributed by atoms with Crippen LogP contribution in [0.15, 0.2) is 65.6 Å². The molecule has 1 aromatic heterocycles. The summed E-state index contributed by atoms with van der Waals surface area (Å²) in [6.45, 7) is 0.452. The van der Waals surface area contributed by atoms with Gasteiger partial charge in [0.05, 0.1) is 24.2 Å². The maximum absolute atomic E-state index is 12.2. The van der Waals surface area contributed by atoms with E-state index in [4.69, 9.17) is 9.47 Å². The van der Waals surface area contributed by atoms with Crippen molar-refractivity contribution in [2.24, 2.45) is 0 Å². The summed E-state index contributed by atoms with van der Waals surface area (Å²) in [5, 5.41) is 10.9. The number of hydrogen-bond donors (Lipinski definition) is 1. The van der Waals surface area contributed by atoms with Gasteiger partial charge < -0.3 is 14.8 Å². The highest BCUT2D eigenvalue weighted by molar-refractivity contribution is 7.89. The van der Waals surface area contributed by atoms with Gasteiger partial charge in [-0.1, -0.05) is 0 Å². The molecule has 1 amide bonds. The second-order valence-electron chi connectivity index (χ2n) is 6.90. The second kappa shape index (κ2) is 10.2. The number of carbonyl (C=O) groups is 1. The Morgan fingerprint density at radius 3 is 2.22 bits per heavy atom. The largest absolute Gasteiger partial charge is 0.497 e. The molecule has 0 aliphatic carbocycles. The van der Waals surface area contributed by atoms with Crippen LogP contribution in [0.2, 0.25) is 0 Å². The molecule has 1 heterocycles. The van der Waals surface area contributed by atoms with Crippen LogP contribution in [0.1, 0.15) is 10.4 Å². The lowest BCUT2D eigenvalue weighted by Gasteiger charge is -2.11. The summed E-state index contributed by atoms with van der Waals surface area (Å²) in [5.41, 5.74) is 1.96. The van der Waals surface area contributed by atoms with Gasteiger partial charge in [-0.25, -0.2) is 12.7 Å². The number of benzene rings is 2. The van der Waals surface area contributed by atoms with Gasteiger partial charge in [-0.3, -0.25) is 4.79 Å². The number of amides is 1. The molecule has 32 heavy (non-hydrogen) atoms. The SMILES string of the molecule is COc1ccc(-c2ccc(OCCNC(=O)c3ccc(S(=O)(=O)N(C)C)cc3)nn2)cc1. The lowest BCUT2D eigenvalue weighted by atomic mass is 10.1. The van der Waals surface area contributed by atoms with Crippen LogP contribution in [-0.4, -0.2) is 63.2 Å². The van der Waals surface area contributed by atoms with E-state index < -0.39 is 10.0 Å². The third-order valence-electron chi connectivity index (χ3n) is 4.56. The number of carbonyl (C=O) groups excluding carboxylic acids is 1. The standard InChI is InChI=1S/C22H24N4O5S/c1-26(2)32(28,29)19-10-6-17(7-11-19)22(27)23-14-15-31-21-13-12-20(24-25-21)16-4-8-18(30-3)9-5-16/h4-13H,14-15H2,1-3H3,(H,23,27). The van der Waals surface area contributed by atoms with Crippen LogP contribution in [0, 0.1) is 0 Å². The molecule has 0 saturated carbocycles. The van der Waals surface area contributed by atoms with Crippen LogP contribution < -0.4 is 14.8 Å². The van der Waals surface area contributed by atoms with E-state index in [9.17, 15) is 13.2 Å². The molecular weight excluding hydrogens is 432 g/mol. The molecule has 3 aromatic rings. The number of ether oxygens (including phenoxy) is 2. The van der Waals surface area contributed by atoms with Crippen LogP contribution in [0.3, 0.4) is 0 Å². The minimum Gasteiger partial charge on any atom is -0.497 e. The number of hydrogen-bond acceptors (Lipinski definition) is 7. The minimum absolute atomic E-state index is 0.124. The summed E-state index contributed by atoms with van der Waals surface area (Å²) in [4.78, 5) is 12.4. The zero-order valence-corrected chi connectivity index (χ0v) is 18.8. The van der Waals surface area contributed by atoms with Gasteiger partial charge >= 0.3 is 0 Å². The van der Waals surface area contributed by atoms with E-state index in [-0.39, 0.29) is 24.0 Å². The van der Waals surface area contributed by atoms with Crippen molar-refractivity contribution in [3.05, 3.63) is 66.2 Å². The summed E-state index contributed by atoms with van der Waals surface area (Å²) < 4.78 is 35.9. The van der Waals surface area contributed by atoms with Crippen molar-refractivity contribution in [1.82, 2.24) is 19.8 Å². The average molecular weight is 457 g/mol. The molecule has 0 radical (unpaired) electrons. The fraction of sp³-hybridized carbons (Fsp3) is 0.227. The van der Waals surface area contributed by atoms with E-state index in [1.54, 1.807) is 19.2 Å². The molecule has 0 aliphatic rings. The normalized spacial score (nSPS) is 11.2. The molecule has 0 aliphatic heterocycles. The second-order valence-corrected chi connectivity index (χ2v) is 9.05. The van der Waals surface area contributed by atoms with Crippen molar-refractivity contribution in [2.45, 2.75) is 4.90 Å². The van der Waals surface area contributed by atoms with E-state index in [1.807, 2.05) is 24.3 Å². The van der Waals surface area contributed by atoms with Crippen molar-refractivity contribution in [3.63, 3.8) is 0 Å². The van der Waals surface area contributed by atoms with E-state index >= 15 is 0 Å². The first-order valence-electron chi connectivity index (χ1n) is 9.73. The Kier molecular flexibility index (Phi) is 7.39. The van der Waals surface area contributed by atoms with Crippen molar-refractivity contribution in [2.75, 3.05) is 34.4 Å². The van der Waals surface area contributed by atoms with Crippen LogP contribution in [0.25, 0.3) is 11.3 Å². The van der Waals surface area contributed by atoms with Crippen molar-refractivity contribution in [3.8, 4) is 22.9 Å². The van der Waals surface area contributed by atoms with E-state index in [0.717, 1.165) is 15.6 Å². The van der Waals surface area contributed by atoms with Crippen LogP contribution >= 0.6 is 0 Å². The molecule has 0 spiro atoms. The highest BCUT2D eigenvalue weighted by atomic mass is 32.2. The van der Waals surface area contributed by atoms with Crippen LogP contribution in [0.4, 0.5) is 0 Å². The van der Waals surface area contributed by atoms with Crippen molar-refractivity contribution < 1.29 is 22.7 Å². The Morgan fingerprint density at radius 2 is 1.66 bits per heavy atom. The van der Waals surface area contributed by atoms with E-state index in [2.05, 4.69) is 15.5 Å². The van der Waals surface area contributed by atoms with Crippen LogP contribution in [0.5, 0.6) is 11.6 Å². The number of nitrogens with one attached hydrogen (secondary N) is 1. The zero-order valence-electron chi connectivity index (χ0n) is 18.0. The molecule has 0 bridgehead atoms. The van der Waals surface area contributed by atoms with Gasteiger partial charge in [0.15, 0.2) is 0 Å². The number of sulfonamides is 1. The topological polar surface area (TPSA) is 111 Å². The molecule has 3 rings (SSSR count). The Bertz CT molecular complexity index is 1150. The predicted molar refractivity (Wildman–Crippen MR) is 119 cm³/mol. The summed E-state index contributed by atoms with van der Waals surface area (Å²) in [6, 6.07) is 16.7. The van der Waals surface area contributed by atoms with Gasteiger partial charge in [-0.05, 0) is 54.6 Å². The Hall–Kier alpha value is -3.50. The lowest BCUT2D eigenvalue weighted by Crippen LogP contribution is -2.28. The summed E-state index contributed by atoms with van der Waals surface area (Å²) in [7, 11) is 0.980. The van der Waals surface area contributed by atoms with Gasteiger partial charge in [-0.15, -0.1) is 10.2 Å². The van der Waals surface area contributed by atoms with Crippen molar-refractivity contribution >= 4 is 15.9 Å². The van der Waals surface area contributed by atoms with Gasteiger partial charge in [0.25, 0.3) is 5.91 Å². The first-order valence-corrected chi connectivity index (χ1v) is 11.2. The van der Waals surface area contributed by atoms with Gasteiger partial charge in [0.1, 0.15) is 12.4 Å². The predicted octanol–water partition coefficient (Wildman–Crippen LogP) is 2.21. The lowest BCUT2D eigenvalue weighted by molar-refractivity contribution is 0.0946. The first-order chi connectivity index (χ1) is 15.3. The van der Waals surface area contributed by atoms with E-state index in [0.29, 0.717) is 17.1 Å². The van der Waals surface area contributed by atoms with Crippen LogP contribution in [-0.2, 0) is 10.0 Å². The van der Waals surface area contributed by atoms with Gasteiger partial charge in [0, 0.05) is 31.3 Å². The number of nitrogens with zero attached hydrogens (tertiary/aromatic N) is 3. The number of rotatable bonds is 9. The average Bonchev–Trinajstić information content (AvgIpc) is 2.82. The third kappa shape index (κ3) is 5.59. The molecule has 1 N–H and O–H groups in total. The molecule has 0 unspecified atom stereocenters. The summed E-state index contributed by atoms with van der Waals surface area (Å²) >= 11 is 0. The smallest absolute Gasteiger partial charge is 0.251 e. The molecule has 10 heteroatoms. The maximum Gasteiger partial charge on any atom is 0.251 e. The minimum atomic E-state index is -3.53. The third-order valence-corrected chi connectivity index (χ3v) is 6.39. The molecule has 2 aromatic carbocycles. The first kappa shape index (κ1) is 23.2. The monoisotopic (exact) mass is 456 g/mol.